The van der Waals surface area contributed by atoms with Gasteiger partial charge in [-0.3, -0.25) is 29.9 Å². The van der Waals surface area contributed by atoms with Crippen molar-refractivity contribution in [3.05, 3.63) is 57.8 Å². The minimum absolute atomic E-state index is 0.0774. The molecule has 148 valence electrons. The smallest absolute Gasteiger partial charge is 0.331 e. The minimum Gasteiger partial charge on any atom is -0.457 e. The average molecular weight is 395 g/mol. The second kappa shape index (κ2) is 7.34. The lowest BCUT2D eigenvalue weighted by Gasteiger charge is -2.30. The second-order valence-electron chi connectivity index (χ2n) is 6.94. The molecule has 0 bridgehead atoms. The lowest BCUT2D eigenvalue weighted by molar-refractivity contribution is -0.384. The fourth-order valence-corrected chi connectivity index (χ4v) is 3.67. The number of imide groups is 2. The quantitative estimate of drug-likeness (QED) is 0.367. The van der Waals surface area contributed by atoms with E-state index in [-0.39, 0.29) is 23.1 Å². The number of nitrogens with zero attached hydrogens (tertiary/aromatic N) is 2. The monoisotopic (exact) mass is 395 g/mol. The Morgan fingerprint density at radius 2 is 1.90 bits per heavy atom. The Balaban J connectivity index is 1.63. The number of rotatable bonds is 4. The number of carbonyl (C=O) groups is 3. The Labute approximate surface area is 165 Å². The fourth-order valence-electron chi connectivity index (χ4n) is 3.67. The molecule has 1 aliphatic carbocycles. The first-order valence-corrected chi connectivity index (χ1v) is 9.19. The average Bonchev–Trinajstić information content (AvgIpc) is 3.37. The SMILES string of the molecule is O=C1NC(=O)N(C2CCCC2)C(=O)/C1=C\c1ccc(-c2cccc([N+](=O)[O-])c2)o1. The zero-order chi connectivity index (χ0) is 20.5. The molecule has 1 aromatic heterocycles. The van der Waals surface area contributed by atoms with E-state index in [4.69, 9.17) is 4.42 Å². The van der Waals surface area contributed by atoms with E-state index in [2.05, 4.69) is 5.32 Å². The summed E-state index contributed by atoms with van der Waals surface area (Å²) in [7, 11) is 0. The molecule has 1 N–H and O–H groups in total. The van der Waals surface area contributed by atoms with Crippen LogP contribution in [0.5, 0.6) is 0 Å². The maximum absolute atomic E-state index is 12.8. The third-order valence-electron chi connectivity index (χ3n) is 5.08. The summed E-state index contributed by atoms with van der Waals surface area (Å²) < 4.78 is 5.66. The second-order valence-corrected chi connectivity index (χ2v) is 6.94. The van der Waals surface area contributed by atoms with Gasteiger partial charge in [0.05, 0.1) is 4.92 Å². The summed E-state index contributed by atoms with van der Waals surface area (Å²) in [6.07, 6.45) is 4.59. The van der Waals surface area contributed by atoms with E-state index in [1.165, 1.54) is 24.3 Å². The molecule has 2 fully saturated rings. The summed E-state index contributed by atoms with van der Waals surface area (Å²) in [5.74, 6) is -0.833. The van der Waals surface area contributed by atoms with Crippen molar-refractivity contribution in [1.29, 1.82) is 0 Å². The van der Waals surface area contributed by atoms with Gasteiger partial charge in [0.15, 0.2) is 0 Å². The molecule has 29 heavy (non-hydrogen) atoms. The van der Waals surface area contributed by atoms with Crippen molar-refractivity contribution in [3.63, 3.8) is 0 Å². The Morgan fingerprint density at radius 3 is 2.62 bits per heavy atom. The van der Waals surface area contributed by atoms with Gasteiger partial charge in [-0.15, -0.1) is 0 Å². The molecule has 9 heteroatoms. The Bertz CT molecular complexity index is 1050. The van der Waals surface area contributed by atoms with Crippen molar-refractivity contribution >= 4 is 29.6 Å². The summed E-state index contributed by atoms with van der Waals surface area (Å²) in [5, 5.41) is 13.1. The fraction of sp³-hybridized carbons (Fsp3) is 0.250. The molecule has 1 saturated carbocycles. The molecular weight excluding hydrogens is 378 g/mol. The third-order valence-corrected chi connectivity index (χ3v) is 5.08. The van der Waals surface area contributed by atoms with Crippen LogP contribution in [0.2, 0.25) is 0 Å². The van der Waals surface area contributed by atoms with Crippen molar-refractivity contribution < 1.29 is 23.7 Å². The molecule has 2 aliphatic rings. The van der Waals surface area contributed by atoms with Crippen LogP contribution in [0.1, 0.15) is 31.4 Å². The number of hydrogen-bond acceptors (Lipinski definition) is 6. The van der Waals surface area contributed by atoms with Crippen LogP contribution in [0, 0.1) is 10.1 Å². The Morgan fingerprint density at radius 1 is 1.14 bits per heavy atom. The lowest BCUT2D eigenvalue weighted by Crippen LogP contribution is -2.57. The number of nitro benzene ring substituents is 1. The zero-order valence-electron chi connectivity index (χ0n) is 15.3. The van der Waals surface area contributed by atoms with E-state index in [9.17, 15) is 24.5 Å². The first kappa shape index (κ1) is 18.6. The van der Waals surface area contributed by atoms with Gasteiger partial charge < -0.3 is 4.42 Å². The Kier molecular flexibility index (Phi) is 4.71. The van der Waals surface area contributed by atoms with Crippen LogP contribution in [0.25, 0.3) is 17.4 Å². The molecule has 0 radical (unpaired) electrons. The molecular formula is C20H17N3O6. The number of carbonyl (C=O) groups excluding carboxylic acids is 3. The standard InChI is InChI=1S/C20H17N3O6/c24-18-16(19(25)22(20(26)21-18)13-5-1-2-6-13)11-15-8-9-17(29-15)12-4-3-7-14(10-12)23(27)28/h3-4,7-11,13H,1-2,5-6H2,(H,21,24,26)/b16-11-. The molecule has 0 unspecified atom stereocenters. The van der Waals surface area contributed by atoms with E-state index in [0.717, 1.165) is 30.6 Å². The molecule has 1 aromatic carbocycles. The molecule has 0 atom stereocenters. The third kappa shape index (κ3) is 3.54. The van der Waals surface area contributed by atoms with Gasteiger partial charge in [0.2, 0.25) is 0 Å². The van der Waals surface area contributed by atoms with Crippen LogP contribution < -0.4 is 5.32 Å². The summed E-state index contributed by atoms with van der Waals surface area (Å²) in [6, 6.07) is 8.17. The number of hydrogen-bond donors (Lipinski definition) is 1. The van der Waals surface area contributed by atoms with E-state index in [0.29, 0.717) is 11.3 Å². The number of amides is 4. The summed E-state index contributed by atoms with van der Waals surface area (Å²) >= 11 is 0. The van der Waals surface area contributed by atoms with E-state index < -0.39 is 22.8 Å². The maximum Gasteiger partial charge on any atom is 0.331 e. The first-order valence-electron chi connectivity index (χ1n) is 9.19. The van der Waals surface area contributed by atoms with Crippen molar-refractivity contribution in [2.24, 2.45) is 0 Å². The predicted octanol–water partition coefficient (Wildman–Crippen LogP) is 3.26. The molecule has 0 spiro atoms. The van der Waals surface area contributed by atoms with Crippen LogP contribution in [-0.2, 0) is 9.59 Å². The number of non-ortho nitro benzene ring substituents is 1. The van der Waals surface area contributed by atoms with Crippen molar-refractivity contribution in [2.45, 2.75) is 31.7 Å². The summed E-state index contributed by atoms with van der Waals surface area (Å²) in [4.78, 5) is 48.7. The van der Waals surface area contributed by atoms with Gasteiger partial charge >= 0.3 is 6.03 Å². The minimum atomic E-state index is -0.775. The molecule has 1 aliphatic heterocycles. The van der Waals surface area contributed by atoms with E-state index in [1.807, 2.05) is 0 Å². The number of urea groups is 1. The highest BCUT2D eigenvalue weighted by molar-refractivity contribution is 6.31. The van der Waals surface area contributed by atoms with Crippen LogP contribution >= 0.6 is 0 Å². The van der Waals surface area contributed by atoms with Crippen LogP contribution in [0.4, 0.5) is 10.5 Å². The van der Waals surface area contributed by atoms with Crippen molar-refractivity contribution in [3.8, 4) is 11.3 Å². The van der Waals surface area contributed by atoms with Gasteiger partial charge in [0.25, 0.3) is 17.5 Å². The van der Waals surface area contributed by atoms with Crippen LogP contribution in [-0.4, -0.2) is 33.7 Å². The predicted molar refractivity (Wildman–Crippen MR) is 101 cm³/mol. The lowest BCUT2D eigenvalue weighted by atomic mass is 10.1. The van der Waals surface area contributed by atoms with Gasteiger partial charge in [0, 0.05) is 23.7 Å². The summed E-state index contributed by atoms with van der Waals surface area (Å²) in [5.41, 5.74) is 0.230. The van der Waals surface area contributed by atoms with E-state index in [1.54, 1.807) is 18.2 Å². The van der Waals surface area contributed by atoms with Gasteiger partial charge in [-0.1, -0.05) is 25.0 Å². The molecule has 9 nitrogen and oxygen atoms in total. The molecule has 4 amide bonds. The number of benzene rings is 1. The van der Waals surface area contributed by atoms with E-state index >= 15 is 0 Å². The van der Waals surface area contributed by atoms with Gasteiger partial charge in [-0.25, -0.2) is 4.79 Å². The highest BCUT2D eigenvalue weighted by atomic mass is 16.6. The number of nitrogens with one attached hydrogen (secondary N) is 1. The van der Waals surface area contributed by atoms with Gasteiger partial charge in [0.1, 0.15) is 17.1 Å². The Hall–Kier alpha value is -3.75. The topological polar surface area (TPSA) is 123 Å². The largest absolute Gasteiger partial charge is 0.457 e. The highest BCUT2D eigenvalue weighted by Gasteiger charge is 2.40. The molecule has 2 heterocycles. The molecule has 2 aromatic rings. The number of barbiturate groups is 1. The maximum atomic E-state index is 12.8. The van der Waals surface area contributed by atoms with Gasteiger partial charge in [-0.05, 0) is 31.1 Å². The van der Waals surface area contributed by atoms with Crippen molar-refractivity contribution in [1.82, 2.24) is 10.2 Å². The van der Waals surface area contributed by atoms with Crippen molar-refractivity contribution in [2.75, 3.05) is 0 Å². The molecule has 1 saturated heterocycles. The zero-order valence-corrected chi connectivity index (χ0v) is 15.3. The normalized spacial score (nSPS) is 19.1. The summed E-state index contributed by atoms with van der Waals surface area (Å²) in [6.45, 7) is 0. The van der Waals surface area contributed by atoms with Gasteiger partial charge in [-0.2, -0.15) is 0 Å². The molecule has 4 rings (SSSR count). The number of nitro groups is 1. The first-order chi connectivity index (χ1) is 13.9. The number of furan rings is 1. The van der Waals surface area contributed by atoms with Crippen LogP contribution in [0.15, 0.2) is 46.4 Å². The van der Waals surface area contributed by atoms with Crippen LogP contribution in [0.3, 0.4) is 0 Å². The highest BCUT2D eigenvalue weighted by Crippen LogP contribution is 2.29.